The molecule has 138 valence electrons. The Balaban J connectivity index is 1.53. The number of amides is 1. The highest BCUT2D eigenvalue weighted by Gasteiger charge is 2.62. The molecule has 2 fully saturated rings. The predicted molar refractivity (Wildman–Crippen MR) is 83.7 cm³/mol. The van der Waals surface area contributed by atoms with Crippen molar-refractivity contribution in [1.29, 1.82) is 0 Å². The van der Waals surface area contributed by atoms with Crippen LogP contribution in [0.3, 0.4) is 0 Å². The molecule has 0 radical (unpaired) electrons. The van der Waals surface area contributed by atoms with Crippen LogP contribution in [-0.4, -0.2) is 43.9 Å². The van der Waals surface area contributed by atoms with Crippen molar-refractivity contribution < 1.29 is 27.1 Å². The van der Waals surface area contributed by atoms with Crippen molar-refractivity contribution in [1.82, 2.24) is 5.32 Å². The first-order valence-corrected chi connectivity index (χ1v) is 8.18. The molecule has 0 bridgehead atoms. The molecule has 25 heavy (non-hydrogen) atoms. The minimum Gasteiger partial charge on any atom is -0.369 e. The summed E-state index contributed by atoms with van der Waals surface area (Å²) in [6.07, 6.45) is -4.12. The van der Waals surface area contributed by atoms with Gasteiger partial charge in [-0.2, -0.15) is 13.2 Å². The molecule has 1 amide bonds. The highest BCUT2D eigenvalue weighted by atomic mass is 19.4. The maximum absolute atomic E-state index is 13.8. The van der Waals surface area contributed by atoms with Gasteiger partial charge in [-0.3, -0.25) is 4.79 Å². The maximum Gasteiger partial charge on any atom is 0.417 e. The fraction of sp³-hybridized carbons (Fsp3) is 0.588. The van der Waals surface area contributed by atoms with Crippen LogP contribution >= 0.6 is 0 Å². The van der Waals surface area contributed by atoms with E-state index in [-0.39, 0.29) is 30.4 Å². The first-order valence-electron chi connectivity index (χ1n) is 8.18. The summed E-state index contributed by atoms with van der Waals surface area (Å²) in [5, 5.41) is 3.03. The lowest BCUT2D eigenvalue weighted by atomic mass is 9.70. The summed E-state index contributed by atoms with van der Waals surface area (Å²) >= 11 is 0. The van der Waals surface area contributed by atoms with Gasteiger partial charge in [0.15, 0.2) is 5.60 Å². The molecule has 1 aliphatic carbocycles. The Morgan fingerprint density at radius 3 is 2.60 bits per heavy atom. The number of nitrogens with one attached hydrogen (secondary N) is 1. The number of anilines is 1. The Bertz CT molecular complexity index is 644. The average molecular weight is 360 g/mol. The highest BCUT2D eigenvalue weighted by Crippen LogP contribution is 2.50. The molecule has 8 heteroatoms. The Morgan fingerprint density at radius 2 is 2.00 bits per heavy atom. The number of para-hydroxylation sites is 1. The third-order valence-corrected chi connectivity index (χ3v) is 5.15. The summed E-state index contributed by atoms with van der Waals surface area (Å²) in [5.41, 5.74) is -1.82. The van der Waals surface area contributed by atoms with Crippen LogP contribution in [0.2, 0.25) is 0 Å². The first kappa shape index (κ1) is 18.1. The van der Waals surface area contributed by atoms with Gasteiger partial charge in [0, 0.05) is 13.7 Å². The topological polar surface area (TPSA) is 41.6 Å². The molecule has 1 unspecified atom stereocenters. The van der Waals surface area contributed by atoms with Gasteiger partial charge in [0.1, 0.15) is 5.82 Å². The number of ether oxygens (including phenoxy) is 1. The summed E-state index contributed by atoms with van der Waals surface area (Å²) in [4.78, 5) is 13.8. The number of hydrogen-bond donors (Lipinski definition) is 1. The van der Waals surface area contributed by atoms with Crippen molar-refractivity contribution in [2.45, 2.75) is 37.1 Å². The summed E-state index contributed by atoms with van der Waals surface area (Å²) < 4.78 is 57.4. The van der Waals surface area contributed by atoms with Crippen LogP contribution in [0.25, 0.3) is 0 Å². The molecular weight excluding hydrogens is 340 g/mol. The number of carbonyl (C=O) groups is 1. The van der Waals surface area contributed by atoms with Gasteiger partial charge in [-0.15, -0.1) is 0 Å². The fourth-order valence-electron chi connectivity index (χ4n) is 3.62. The largest absolute Gasteiger partial charge is 0.417 e. The van der Waals surface area contributed by atoms with Gasteiger partial charge in [0.2, 0.25) is 5.91 Å². The molecule has 1 saturated heterocycles. The van der Waals surface area contributed by atoms with Crippen molar-refractivity contribution in [3.63, 3.8) is 0 Å². The number of benzene rings is 1. The summed E-state index contributed by atoms with van der Waals surface area (Å²) in [5.74, 6) is -0.916. The summed E-state index contributed by atoms with van der Waals surface area (Å²) in [6, 6.07) is 5.54. The van der Waals surface area contributed by atoms with Crippen molar-refractivity contribution in [3.8, 4) is 0 Å². The smallest absolute Gasteiger partial charge is 0.369 e. The van der Waals surface area contributed by atoms with Crippen LogP contribution in [-0.2, 0) is 9.53 Å². The average Bonchev–Trinajstić information content (AvgIpc) is 2.86. The van der Waals surface area contributed by atoms with Crippen molar-refractivity contribution >= 4 is 11.6 Å². The Hall–Kier alpha value is -1.67. The summed E-state index contributed by atoms with van der Waals surface area (Å²) in [7, 11) is 1.07. The van der Waals surface area contributed by atoms with E-state index in [0.717, 1.165) is 7.11 Å². The third-order valence-electron chi connectivity index (χ3n) is 5.15. The standard InChI is InChI=1S/C17H20F4N2O2/c1-25-16(17(19,20)21)8-11(9-16)10-22-13-6-7-23(15(13)24)14-5-3-2-4-12(14)18/h2-5,11,13,22H,6-10H2,1H3. The van der Waals surface area contributed by atoms with Gasteiger partial charge in [-0.05, 0) is 43.9 Å². The second-order valence-electron chi connectivity index (χ2n) is 6.66. The number of carbonyl (C=O) groups excluding carboxylic acids is 1. The third kappa shape index (κ3) is 3.25. The highest BCUT2D eigenvalue weighted by molar-refractivity contribution is 5.99. The van der Waals surface area contributed by atoms with Crippen LogP contribution in [0, 0.1) is 11.7 Å². The zero-order valence-corrected chi connectivity index (χ0v) is 13.8. The van der Waals surface area contributed by atoms with E-state index >= 15 is 0 Å². The molecule has 1 atom stereocenters. The van der Waals surface area contributed by atoms with Crippen LogP contribution in [0.15, 0.2) is 24.3 Å². The molecule has 0 spiro atoms. The molecule has 3 rings (SSSR count). The Labute approximate surface area is 143 Å². The van der Waals surface area contributed by atoms with Gasteiger partial charge in [0.25, 0.3) is 0 Å². The van der Waals surface area contributed by atoms with Gasteiger partial charge >= 0.3 is 6.18 Å². The molecule has 1 N–H and O–H groups in total. The van der Waals surface area contributed by atoms with E-state index in [9.17, 15) is 22.4 Å². The van der Waals surface area contributed by atoms with Crippen molar-refractivity contribution in [3.05, 3.63) is 30.1 Å². The van der Waals surface area contributed by atoms with E-state index in [1.54, 1.807) is 12.1 Å². The monoisotopic (exact) mass is 360 g/mol. The molecule has 4 nitrogen and oxygen atoms in total. The SMILES string of the molecule is COC1(C(F)(F)F)CC(CNC2CCN(c3ccccc3F)C2=O)C1. The van der Waals surface area contributed by atoms with E-state index in [0.29, 0.717) is 19.5 Å². The normalized spacial score (nSPS) is 29.8. The minimum atomic E-state index is -4.39. The van der Waals surface area contributed by atoms with Gasteiger partial charge in [0.05, 0.1) is 11.7 Å². The number of rotatable bonds is 5. The Morgan fingerprint density at radius 1 is 1.32 bits per heavy atom. The minimum absolute atomic E-state index is 0.113. The molecule has 2 aliphatic rings. The van der Waals surface area contributed by atoms with Gasteiger partial charge in [-0.25, -0.2) is 4.39 Å². The van der Waals surface area contributed by atoms with E-state index < -0.39 is 23.6 Å². The predicted octanol–water partition coefficient (Wildman–Crippen LogP) is 2.88. The molecule has 1 saturated carbocycles. The maximum atomic E-state index is 13.8. The first-order chi connectivity index (χ1) is 11.8. The van der Waals surface area contributed by atoms with Crippen LogP contribution in [0.4, 0.5) is 23.2 Å². The second kappa shape index (κ2) is 6.57. The number of methoxy groups -OCH3 is 1. The zero-order chi connectivity index (χ0) is 18.2. The lowest BCUT2D eigenvalue weighted by molar-refractivity contribution is -0.308. The lowest BCUT2D eigenvalue weighted by Gasteiger charge is -2.47. The second-order valence-corrected chi connectivity index (χ2v) is 6.66. The van der Waals surface area contributed by atoms with Crippen LogP contribution in [0.5, 0.6) is 0 Å². The Kier molecular flexibility index (Phi) is 4.76. The summed E-state index contributed by atoms with van der Waals surface area (Å²) in [6.45, 7) is 0.690. The number of alkyl halides is 3. The van der Waals surface area contributed by atoms with E-state index in [1.165, 1.54) is 17.0 Å². The fourth-order valence-corrected chi connectivity index (χ4v) is 3.62. The van der Waals surface area contributed by atoms with Gasteiger partial charge in [-0.1, -0.05) is 12.1 Å². The van der Waals surface area contributed by atoms with Crippen LogP contribution < -0.4 is 10.2 Å². The number of halogens is 4. The molecule has 1 aromatic carbocycles. The molecule has 1 aromatic rings. The quantitative estimate of drug-likeness (QED) is 0.821. The number of nitrogens with zero attached hydrogens (tertiary/aromatic N) is 1. The lowest BCUT2D eigenvalue weighted by Crippen LogP contribution is -2.59. The van der Waals surface area contributed by atoms with Crippen LogP contribution in [0.1, 0.15) is 19.3 Å². The molecule has 0 aromatic heterocycles. The van der Waals surface area contributed by atoms with E-state index in [2.05, 4.69) is 10.1 Å². The van der Waals surface area contributed by atoms with E-state index in [4.69, 9.17) is 0 Å². The number of hydrogen-bond acceptors (Lipinski definition) is 3. The van der Waals surface area contributed by atoms with E-state index in [1.807, 2.05) is 0 Å². The van der Waals surface area contributed by atoms with Crippen molar-refractivity contribution in [2.75, 3.05) is 25.1 Å². The molecular formula is C17H20F4N2O2. The van der Waals surface area contributed by atoms with Crippen molar-refractivity contribution in [2.24, 2.45) is 5.92 Å². The molecule has 1 heterocycles. The van der Waals surface area contributed by atoms with Gasteiger partial charge < -0.3 is 15.0 Å². The zero-order valence-electron chi connectivity index (χ0n) is 13.8. The molecule has 1 aliphatic heterocycles.